The summed E-state index contributed by atoms with van der Waals surface area (Å²) in [5.74, 6) is 0.545. The number of aryl methyl sites for hydroxylation is 1. The van der Waals surface area contributed by atoms with E-state index in [2.05, 4.69) is 26.0 Å². The fraction of sp³-hybridized carbons (Fsp3) is 0.500. The molecule has 0 radical (unpaired) electrons. The fourth-order valence-electron chi connectivity index (χ4n) is 1.29. The van der Waals surface area contributed by atoms with Crippen LogP contribution in [0.2, 0.25) is 5.02 Å². The minimum atomic E-state index is 0.269. The number of benzene rings is 1. The van der Waals surface area contributed by atoms with Gasteiger partial charge in [-0.2, -0.15) is 0 Å². The lowest BCUT2D eigenvalue weighted by molar-refractivity contribution is 0.565. The van der Waals surface area contributed by atoms with Crippen molar-refractivity contribution in [3.8, 4) is 0 Å². The first-order chi connectivity index (χ1) is 6.59. The largest absolute Gasteiger partial charge is 0.123 e. The number of hydrogen-bond acceptors (Lipinski definition) is 0. The molecule has 0 saturated carbocycles. The third-order valence-electron chi connectivity index (χ3n) is 2.35. The van der Waals surface area contributed by atoms with Crippen molar-refractivity contribution in [3.63, 3.8) is 0 Å². The highest BCUT2D eigenvalue weighted by Crippen LogP contribution is 2.17. The van der Waals surface area contributed by atoms with Crippen LogP contribution in [0.4, 0.5) is 0 Å². The van der Waals surface area contributed by atoms with Crippen LogP contribution >= 0.6 is 23.2 Å². The van der Waals surface area contributed by atoms with Gasteiger partial charge in [-0.15, -0.1) is 11.6 Å². The molecular weight excluding hydrogens is 215 g/mol. The van der Waals surface area contributed by atoms with Crippen LogP contribution in [-0.2, 0) is 6.42 Å². The molecule has 0 bridgehead atoms. The highest BCUT2D eigenvalue weighted by molar-refractivity contribution is 6.30. The van der Waals surface area contributed by atoms with E-state index in [1.807, 2.05) is 12.1 Å². The molecule has 0 spiro atoms. The summed E-state index contributed by atoms with van der Waals surface area (Å²) in [5.41, 5.74) is 1.31. The molecule has 0 nitrogen and oxygen atoms in total. The lowest BCUT2D eigenvalue weighted by Crippen LogP contribution is -2.08. The Morgan fingerprint density at radius 1 is 1.14 bits per heavy atom. The van der Waals surface area contributed by atoms with Crippen LogP contribution in [0.15, 0.2) is 24.3 Å². The average Bonchev–Trinajstić information content (AvgIpc) is 2.16. The van der Waals surface area contributed by atoms with Crippen molar-refractivity contribution in [2.75, 3.05) is 0 Å². The van der Waals surface area contributed by atoms with Gasteiger partial charge >= 0.3 is 0 Å². The topological polar surface area (TPSA) is 0 Å². The van der Waals surface area contributed by atoms with Crippen molar-refractivity contribution in [3.05, 3.63) is 34.9 Å². The van der Waals surface area contributed by atoms with Gasteiger partial charge in [0.15, 0.2) is 0 Å². The van der Waals surface area contributed by atoms with Crippen LogP contribution in [0, 0.1) is 5.92 Å². The second kappa shape index (κ2) is 5.63. The van der Waals surface area contributed by atoms with Crippen LogP contribution < -0.4 is 0 Å². The predicted molar refractivity (Wildman–Crippen MR) is 64.3 cm³/mol. The molecule has 0 saturated heterocycles. The van der Waals surface area contributed by atoms with Gasteiger partial charge in [0.25, 0.3) is 0 Å². The van der Waals surface area contributed by atoms with Gasteiger partial charge < -0.3 is 0 Å². The molecule has 0 heterocycles. The van der Waals surface area contributed by atoms with Crippen LogP contribution in [-0.4, -0.2) is 5.38 Å². The molecule has 78 valence electrons. The molecule has 0 amide bonds. The molecule has 0 fully saturated rings. The van der Waals surface area contributed by atoms with Crippen molar-refractivity contribution >= 4 is 23.2 Å². The Morgan fingerprint density at radius 2 is 1.71 bits per heavy atom. The molecule has 0 aromatic heterocycles. The van der Waals surface area contributed by atoms with E-state index in [0.29, 0.717) is 5.92 Å². The Hall–Kier alpha value is -0.200. The monoisotopic (exact) mass is 230 g/mol. The van der Waals surface area contributed by atoms with E-state index < -0.39 is 0 Å². The highest BCUT2D eigenvalue weighted by atomic mass is 35.5. The Kier molecular flexibility index (Phi) is 4.77. The minimum Gasteiger partial charge on any atom is -0.123 e. The summed E-state index contributed by atoms with van der Waals surface area (Å²) in [5, 5.41) is 1.06. The highest BCUT2D eigenvalue weighted by Gasteiger charge is 2.08. The number of halogens is 2. The molecule has 1 rings (SSSR count). The maximum atomic E-state index is 6.17. The van der Waals surface area contributed by atoms with E-state index in [4.69, 9.17) is 23.2 Å². The van der Waals surface area contributed by atoms with Crippen LogP contribution in [0.5, 0.6) is 0 Å². The van der Waals surface area contributed by atoms with E-state index in [0.717, 1.165) is 17.9 Å². The summed E-state index contributed by atoms with van der Waals surface area (Å²) < 4.78 is 0. The van der Waals surface area contributed by atoms with Gasteiger partial charge in [0.2, 0.25) is 0 Å². The quantitative estimate of drug-likeness (QED) is 0.667. The first-order valence-corrected chi connectivity index (χ1v) is 5.79. The van der Waals surface area contributed by atoms with E-state index in [-0.39, 0.29) is 5.38 Å². The second-order valence-electron chi connectivity index (χ2n) is 3.93. The average molecular weight is 231 g/mol. The summed E-state index contributed by atoms with van der Waals surface area (Å²) in [7, 11) is 0. The zero-order chi connectivity index (χ0) is 10.6. The maximum absolute atomic E-state index is 6.17. The van der Waals surface area contributed by atoms with Crippen molar-refractivity contribution in [2.45, 2.75) is 32.1 Å². The Balaban J connectivity index is 2.42. The fourth-order valence-corrected chi connectivity index (χ4v) is 1.52. The zero-order valence-electron chi connectivity index (χ0n) is 8.63. The Bertz CT molecular complexity index is 264. The normalized spacial score (nSPS) is 13.2. The first kappa shape index (κ1) is 11.9. The zero-order valence-corrected chi connectivity index (χ0v) is 10.1. The molecule has 1 aromatic carbocycles. The van der Waals surface area contributed by atoms with E-state index in [1.54, 1.807) is 0 Å². The molecule has 2 heteroatoms. The molecule has 0 aliphatic carbocycles. The summed E-state index contributed by atoms with van der Waals surface area (Å²) in [6.45, 7) is 4.30. The maximum Gasteiger partial charge on any atom is 0.0406 e. The number of hydrogen-bond donors (Lipinski definition) is 0. The summed E-state index contributed by atoms with van der Waals surface area (Å²) in [6.07, 6.45) is 2.06. The van der Waals surface area contributed by atoms with Crippen molar-refractivity contribution < 1.29 is 0 Å². The molecule has 0 N–H and O–H groups in total. The molecule has 0 aliphatic rings. The van der Waals surface area contributed by atoms with E-state index in [9.17, 15) is 0 Å². The van der Waals surface area contributed by atoms with Crippen molar-refractivity contribution in [1.29, 1.82) is 0 Å². The van der Waals surface area contributed by atoms with Crippen molar-refractivity contribution in [1.82, 2.24) is 0 Å². The molecule has 1 atom stereocenters. The summed E-state index contributed by atoms with van der Waals surface area (Å²) in [4.78, 5) is 0. The number of alkyl halides is 1. The van der Waals surface area contributed by atoms with Gasteiger partial charge in [0, 0.05) is 10.4 Å². The first-order valence-electron chi connectivity index (χ1n) is 4.98. The van der Waals surface area contributed by atoms with Gasteiger partial charge in [0.05, 0.1) is 0 Å². The summed E-state index contributed by atoms with van der Waals surface area (Å²) in [6, 6.07) is 7.98. The van der Waals surface area contributed by atoms with Crippen LogP contribution in [0.25, 0.3) is 0 Å². The second-order valence-corrected chi connectivity index (χ2v) is 4.92. The molecule has 0 aliphatic heterocycles. The third-order valence-corrected chi connectivity index (χ3v) is 3.32. The predicted octanol–water partition coefficient (Wildman–Crippen LogP) is 4.54. The Morgan fingerprint density at radius 3 is 2.21 bits per heavy atom. The van der Waals surface area contributed by atoms with Gasteiger partial charge in [-0.25, -0.2) is 0 Å². The SMILES string of the molecule is CC(C)C(Cl)CCc1ccc(Cl)cc1. The van der Waals surface area contributed by atoms with Gasteiger partial charge in [-0.3, -0.25) is 0 Å². The molecular formula is C12H16Cl2. The van der Waals surface area contributed by atoms with Crippen LogP contribution in [0.1, 0.15) is 25.8 Å². The van der Waals surface area contributed by atoms with Gasteiger partial charge in [-0.1, -0.05) is 37.6 Å². The lowest BCUT2D eigenvalue weighted by atomic mass is 10.0. The Labute approximate surface area is 96.2 Å². The summed E-state index contributed by atoms with van der Waals surface area (Å²) >= 11 is 12.0. The van der Waals surface area contributed by atoms with E-state index >= 15 is 0 Å². The van der Waals surface area contributed by atoms with E-state index in [1.165, 1.54) is 5.56 Å². The smallest absolute Gasteiger partial charge is 0.0406 e. The van der Waals surface area contributed by atoms with Crippen LogP contribution in [0.3, 0.4) is 0 Å². The number of rotatable bonds is 4. The third kappa shape index (κ3) is 3.89. The lowest BCUT2D eigenvalue weighted by Gasteiger charge is -2.12. The standard InChI is InChI=1S/C12H16Cl2/c1-9(2)12(14)8-5-10-3-6-11(13)7-4-10/h3-4,6-7,9,12H,5,8H2,1-2H3. The molecule has 1 aromatic rings. The molecule has 1 unspecified atom stereocenters. The minimum absolute atomic E-state index is 0.269. The van der Waals surface area contributed by atoms with Gasteiger partial charge in [0.1, 0.15) is 0 Å². The van der Waals surface area contributed by atoms with Crippen molar-refractivity contribution in [2.24, 2.45) is 5.92 Å². The van der Waals surface area contributed by atoms with Gasteiger partial charge in [-0.05, 0) is 36.5 Å². The molecule has 14 heavy (non-hydrogen) atoms.